The number of alkyl halides is 6. The Morgan fingerprint density at radius 3 is 2.11 bits per heavy atom. The monoisotopic (exact) mass is 275 g/mol. The number of imidazole rings is 1. The average molecular weight is 275 g/mol. The smallest absolute Gasteiger partial charge is 0.349 e. The van der Waals surface area contributed by atoms with Crippen molar-refractivity contribution in [3.8, 4) is 0 Å². The van der Waals surface area contributed by atoms with Crippen LogP contribution < -0.4 is 5.32 Å². The molecule has 0 amide bonds. The zero-order valence-electron chi connectivity index (χ0n) is 9.23. The molecule has 0 aliphatic carbocycles. The van der Waals surface area contributed by atoms with Crippen molar-refractivity contribution in [2.24, 2.45) is 5.92 Å². The Labute approximate surface area is 98.6 Å². The summed E-state index contributed by atoms with van der Waals surface area (Å²) in [5.74, 6) is -3.37. The van der Waals surface area contributed by atoms with Crippen LogP contribution in [0.2, 0.25) is 0 Å². The summed E-state index contributed by atoms with van der Waals surface area (Å²) in [5.41, 5.74) is 0. The van der Waals surface area contributed by atoms with Crippen molar-refractivity contribution in [2.75, 3.05) is 7.05 Å². The van der Waals surface area contributed by atoms with Crippen LogP contribution in [0.25, 0.3) is 0 Å². The molecule has 0 fully saturated rings. The van der Waals surface area contributed by atoms with Crippen LogP contribution in [0.5, 0.6) is 0 Å². The minimum atomic E-state index is -5.36. The zero-order chi connectivity index (χ0) is 14.0. The molecule has 1 unspecified atom stereocenters. The third-order valence-corrected chi connectivity index (χ3v) is 2.45. The predicted octanol–water partition coefficient (Wildman–Crippen LogP) is 2.28. The van der Waals surface area contributed by atoms with E-state index in [0.717, 1.165) is 7.05 Å². The van der Waals surface area contributed by atoms with E-state index in [4.69, 9.17) is 0 Å². The van der Waals surface area contributed by atoms with Crippen molar-refractivity contribution in [3.63, 3.8) is 0 Å². The second kappa shape index (κ2) is 5.17. The number of halogens is 6. The van der Waals surface area contributed by atoms with Gasteiger partial charge in [0.15, 0.2) is 5.92 Å². The second-order valence-electron chi connectivity index (χ2n) is 3.70. The van der Waals surface area contributed by atoms with E-state index in [9.17, 15) is 26.3 Å². The Balaban J connectivity index is 2.95. The Bertz CT molecular complexity index is 341. The predicted molar refractivity (Wildman–Crippen MR) is 50.7 cm³/mol. The van der Waals surface area contributed by atoms with Gasteiger partial charge in [0.05, 0.1) is 0 Å². The molecule has 1 aromatic rings. The van der Waals surface area contributed by atoms with Gasteiger partial charge in [0, 0.05) is 24.9 Å². The van der Waals surface area contributed by atoms with E-state index >= 15 is 0 Å². The van der Waals surface area contributed by atoms with Gasteiger partial charge in [-0.3, -0.25) is 0 Å². The number of likely N-dealkylation sites (N-methyl/N-ethyl adjacent to an activating group) is 1. The first kappa shape index (κ1) is 14.8. The number of aromatic amines is 1. The molecular weight excluding hydrogens is 264 g/mol. The maximum atomic E-state index is 12.5. The molecule has 104 valence electrons. The summed E-state index contributed by atoms with van der Waals surface area (Å²) in [6.07, 6.45) is -8.62. The van der Waals surface area contributed by atoms with E-state index in [0.29, 0.717) is 0 Å². The van der Waals surface area contributed by atoms with Gasteiger partial charge in [0.1, 0.15) is 5.82 Å². The van der Waals surface area contributed by atoms with Crippen LogP contribution in [-0.2, 0) is 6.42 Å². The SMILES string of the molecule is CNC(Cc1ncc[nH]1)C(C(F)(F)F)C(F)(F)F. The summed E-state index contributed by atoms with van der Waals surface area (Å²) in [4.78, 5) is 6.09. The molecule has 0 aromatic carbocycles. The summed E-state index contributed by atoms with van der Waals surface area (Å²) >= 11 is 0. The van der Waals surface area contributed by atoms with Crippen LogP contribution in [0.1, 0.15) is 5.82 Å². The molecule has 0 bridgehead atoms. The largest absolute Gasteiger partial charge is 0.402 e. The van der Waals surface area contributed by atoms with Crippen LogP contribution in [0, 0.1) is 5.92 Å². The van der Waals surface area contributed by atoms with Crippen LogP contribution in [0.15, 0.2) is 12.4 Å². The Morgan fingerprint density at radius 1 is 1.22 bits per heavy atom. The molecule has 0 saturated heterocycles. The lowest BCUT2D eigenvalue weighted by Gasteiger charge is -2.30. The molecular formula is C9H11F6N3. The third-order valence-electron chi connectivity index (χ3n) is 2.45. The first-order valence-corrected chi connectivity index (χ1v) is 4.95. The van der Waals surface area contributed by atoms with Gasteiger partial charge < -0.3 is 10.3 Å². The molecule has 18 heavy (non-hydrogen) atoms. The lowest BCUT2D eigenvalue weighted by Crippen LogP contribution is -2.51. The van der Waals surface area contributed by atoms with Crippen molar-refractivity contribution in [2.45, 2.75) is 24.8 Å². The highest BCUT2D eigenvalue weighted by molar-refractivity contribution is 4.96. The number of nitrogens with zero attached hydrogens (tertiary/aromatic N) is 1. The summed E-state index contributed by atoms with van der Waals surface area (Å²) in [7, 11) is 1.05. The molecule has 0 aliphatic rings. The van der Waals surface area contributed by atoms with Gasteiger partial charge >= 0.3 is 12.4 Å². The number of hydrogen-bond donors (Lipinski definition) is 2. The molecule has 2 N–H and O–H groups in total. The molecule has 1 heterocycles. The average Bonchev–Trinajstić information content (AvgIpc) is 2.64. The lowest BCUT2D eigenvalue weighted by molar-refractivity contribution is -0.291. The summed E-state index contributed by atoms with van der Waals surface area (Å²) < 4.78 is 74.9. The van der Waals surface area contributed by atoms with Gasteiger partial charge in [-0.05, 0) is 7.05 Å². The van der Waals surface area contributed by atoms with E-state index in [1.807, 2.05) is 0 Å². The molecule has 1 aromatic heterocycles. The van der Waals surface area contributed by atoms with Crippen LogP contribution in [-0.4, -0.2) is 35.4 Å². The quantitative estimate of drug-likeness (QED) is 0.828. The number of hydrogen-bond acceptors (Lipinski definition) is 2. The fourth-order valence-corrected chi connectivity index (χ4v) is 1.65. The third kappa shape index (κ3) is 3.62. The Kier molecular flexibility index (Phi) is 4.25. The molecule has 0 spiro atoms. The van der Waals surface area contributed by atoms with Crippen molar-refractivity contribution in [1.82, 2.24) is 15.3 Å². The second-order valence-corrected chi connectivity index (χ2v) is 3.70. The Hall–Kier alpha value is -1.25. The fourth-order valence-electron chi connectivity index (χ4n) is 1.65. The highest BCUT2D eigenvalue weighted by Gasteiger charge is 2.59. The molecule has 1 atom stereocenters. The molecule has 3 nitrogen and oxygen atoms in total. The zero-order valence-corrected chi connectivity index (χ0v) is 9.23. The first-order chi connectivity index (χ1) is 8.16. The summed E-state index contributed by atoms with van der Waals surface area (Å²) in [6, 6.07) is -1.82. The summed E-state index contributed by atoms with van der Waals surface area (Å²) in [5, 5.41) is 2.05. The van der Waals surface area contributed by atoms with Crippen LogP contribution in [0.4, 0.5) is 26.3 Å². The van der Waals surface area contributed by atoms with Crippen LogP contribution >= 0.6 is 0 Å². The van der Waals surface area contributed by atoms with Gasteiger partial charge in [-0.1, -0.05) is 0 Å². The highest BCUT2D eigenvalue weighted by atomic mass is 19.4. The van der Waals surface area contributed by atoms with Crippen molar-refractivity contribution in [3.05, 3.63) is 18.2 Å². The summed E-state index contributed by atoms with van der Waals surface area (Å²) in [6.45, 7) is 0. The maximum Gasteiger partial charge on any atom is 0.402 e. The van der Waals surface area contributed by atoms with Gasteiger partial charge in [-0.25, -0.2) is 4.98 Å². The molecule has 9 heteroatoms. The van der Waals surface area contributed by atoms with Crippen molar-refractivity contribution < 1.29 is 26.3 Å². The number of aromatic nitrogens is 2. The van der Waals surface area contributed by atoms with Crippen LogP contribution in [0.3, 0.4) is 0 Å². The standard InChI is InChI=1S/C9H11F6N3/c1-16-5(4-6-17-2-3-18-6)7(8(10,11)12)9(13,14)15/h2-3,5,7,16H,4H2,1H3,(H,17,18). The molecule has 0 aliphatic heterocycles. The first-order valence-electron chi connectivity index (χ1n) is 4.95. The minimum absolute atomic E-state index is 0.0628. The van der Waals surface area contributed by atoms with E-state index in [2.05, 4.69) is 15.3 Å². The lowest BCUT2D eigenvalue weighted by atomic mass is 9.95. The Morgan fingerprint density at radius 2 is 1.78 bits per heavy atom. The molecule has 0 saturated carbocycles. The fraction of sp³-hybridized carbons (Fsp3) is 0.667. The number of H-pyrrole nitrogens is 1. The molecule has 0 radical (unpaired) electrons. The molecule has 1 rings (SSSR count). The van der Waals surface area contributed by atoms with E-state index < -0.39 is 30.7 Å². The van der Waals surface area contributed by atoms with E-state index in [1.165, 1.54) is 12.4 Å². The van der Waals surface area contributed by atoms with Gasteiger partial charge in [-0.2, -0.15) is 26.3 Å². The highest BCUT2D eigenvalue weighted by Crippen LogP contribution is 2.41. The normalized spacial score (nSPS) is 15.1. The van der Waals surface area contributed by atoms with Crippen molar-refractivity contribution >= 4 is 0 Å². The van der Waals surface area contributed by atoms with E-state index in [1.54, 1.807) is 0 Å². The number of rotatable bonds is 4. The minimum Gasteiger partial charge on any atom is -0.349 e. The van der Waals surface area contributed by atoms with E-state index in [-0.39, 0.29) is 5.82 Å². The van der Waals surface area contributed by atoms with Gasteiger partial charge in [-0.15, -0.1) is 0 Å². The van der Waals surface area contributed by atoms with Crippen molar-refractivity contribution in [1.29, 1.82) is 0 Å². The number of nitrogens with one attached hydrogen (secondary N) is 2. The van der Waals surface area contributed by atoms with Gasteiger partial charge in [0.2, 0.25) is 0 Å². The van der Waals surface area contributed by atoms with Gasteiger partial charge in [0.25, 0.3) is 0 Å². The maximum absolute atomic E-state index is 12.5. The topological polar surface area (TPSA) is 40.7 Å².